The van der Waals surface area contributed by atoms with Crippen molar-refractivity contribution in [1.82, 2.24) is 9.97 Å². The fourth-order valence-electron chi connectivity index (χ4n) is 2.32. The normalized spacial score (nSPS) is 20.6. The summed E-state index contributed by atoms with van der Waals surface area (Å²) in [6.07, 6.45) is 4.69. The molecule has 1 aromatic rings. The number of nitrogens with two attached hydrogens (primary N) is 1. The van der Waals surface area contributed by atoms with Crippen molar-refractivity contribution in [3.63, 3.8) is 0 Å². The molecule has 0 aliphatic carbocycles. The number of H-pyrrole nitrogens is 1. The van der Waals surface area contributed by atoms with Crippen LogP contribution < -0.4 is 16.2 Å². The lowest BCUT2D eigenvalue weighted by atomic mass is 9.95. The Kier molecular flexibility index (Phi) is 4.02. The van der Waals surface area contributed by atoms with Crippen LogP contribution in [0.25, 0.3) is 0 Å². The maximum Gasteiger partial charge on any atom is 0.271 e. The number of nitrogens with zero attached hydrogens (tertiary/aromatic N) is 2. The van der Waals surface area contributed by atoms with Gasteiger partial charge in [-0.25, -0.2) is 4.98 Å². The number of aromatic nitrogens is 2. The molecule has 1 aromatic heterocycles. The first-order valence-electron chi connectivity index (χ1n) is 5.90. The lowest BCUT2D eigenvalue weighted by Gasteiger charge is -2.33. The Bertz CT molecular complexity index is 432. The summed E-state index contributed by atoms with van der Waals surface area (Å²) in [4.78, 5) is 20.1. The van der Waals surface area contributed by atoms with Crippen LogP contribution in [0.1, 0.15) is 19.3 Å². The quantitative estimate of drug-likeness (QED) is 0.846. The maximum absolute atomic E-state index is 11.4. The highest BCUT2D eigenvalue weighted by Crippen LogP contribution is 2.26. The summed E-state index contributed by atoms with van der Waals surface area (Å²) in [6, 6.07) is 0. The lowest BCUT2D eigenvalue weighted by molar-refractivity contribution is 0.394. The Morgan fingerprint density at radius 3 is 3.24 bits per heavy atom. The van der Waals surface area contributed by atoms with Crippen molar-refractivity contribution in [2.75, 3.05) is 24.5 Å². The number of aromatic amines is 1. The molecule has 0 saturated carbocycles. The van der Waals surface area contributed by atoms with Crippen LogP contribution in [0.2, 0.25) is 5.02 Å². The first-order chi connectivity index (χ1) is 8.22. The molecule has 1 aliphatic rings. The molecular weight excluding hydrogens is 240 g/mol. The number of halogens is 1. The van der Waals surface area contributed by atoms with Crippen molar-refractivity contribution in [2.24, 2.45) is 11.7 Å². The third-order valence-electron chi connectivity index (χ3n) is 3.17. The Hall–Kier alpha value is -1.07. The van der Waals surface area contributed by atoms with Crippen molar-refractivity contribution in [3.8, 4) is 0 Å². The zero-order chi connectivity index (χ0) is 12.3. The van der Waals surface area contributed by atoms with E-state index in [-0.39, 0.29) is 10.6 Å². The number of nitrogens with one attached hydrogen (secondary N) is 1. The standard InChI is InChI=1S/C11H17ClN4O/c12-9-10(14-7-15-11(9)17)16-5-1-2-8(6-16)3-4-13/h7-8H,1-6,13H2,(H,14,15,17). The minimum absolute atomic E-state index is 0.181. The van der Waals surface area contributed by atoms with Crippen molar-refractivity contribution >= 4 is 17.4 Å². The van der Waals surface area contributed by atoms with E-state index in [1.54, 1.807) is 0 Å². The van der Waals surface area contributed by atoms with Crippen LogP contribution in [0.3, 0.4) is 0 Å². The van der Waals surface area contributed by atoms with E-state index >= 15 is 0 Å². The van der Waals surface area contributed by atoms with Gasteiger partial charge in [0.25, 0.3) is 5.56 Å². The predicted octanol–water partition coefficient (Wildman–Crippen LogP) is 0.988. The number of hydrogen-bond donors (Lipinski definition) is 2. The van der Waals surface area contributed by atoms with Crippen LogP contribution >= 0.6 is 11.6 Å². The van der Waals surface area contributed by atoms with Crippen LogP contribution in [0, 0.1) is 5.92 Å². The van der Waals surface area contributed by atoms with Gasteiger partial charge in [-0.2, -0.15) is 0 Å². The van der Waals surface area contributed by atoms with Gasteiger partial charge >= 0.3 is 0 Å². The second-order valence-electron chi connectivity index (χ2n) is 4.40. The summed E-state index contributed by atoms with van der Waals surface area (Å²) in [6.45, 7) is 2.49. The SMILES string of the molecule is NCCC1CCCN(c2nc[nH]c(=O)c2Cl)C1. The second kappa shape index (κ2) is 5.51. The maximum atomic E-state index is 11.4. The third kappa shape index (κ3) is 2.79. The van der Waals surface area contributed by atoms with Gasteiger partial charge in [-0.1, -0.05) is 11.6 Å². The molecule has 94 valence electrons. The largest absolute Gasteiger partial charge is 0.355 e. The molecule has 2 heterocycles. The van der Waals surface area contributed by atoms with Gasteiger partial charge in [0.05, 0.1) is 6.33 Å². The van der Waals surface area contributed by atoms with Crippen molar-refractivity contribution in [1.29, 1.82) is 0 Å². The second-order valence-corrected chi connectivity index (χ2v) is 4.78. The summed E-state index contributed by atoms with van der Waals surface area (Å²) in [7, 11) is 0. The Morgan fingerprint density at radius 1 is 1.65 bits per heavy atom. The molecule has 0 radical (unpaired) electrons. The summed E-state index contributed by atoms with van der Waals surface area (Å²) in [5.41, 5.74) is 5.30. The highest BCUT2D eigenvalue weighted by molar-refractivity contribution is 6.32. The van der Waals surface area contributed by atoms with E-state index in [4.69, 9.17) is 17.3 Å². The van der Waals surface area contributed by atoms with Gasteiger partial charge < -0.3 is 15.6 Å². The van der Waals surface area contributed by atoms with Gasteiger partial charge in [0.15, 0.2) is 5.82 Å². The summed E-state index contributed by atoms with van der Waals surface area (Å²) in [5, 5.41) is 0.181. The number of hydrogen-bond acceptors (Lipinski definition) is 4. The van der Waals surface area contributed by atoms with Gasteiger partial charge in [-0.15, -0.1) is 0 Å². The van der Waals surface area contributed by atoms with Crippen LogP contribution in [0.5, 0.6) is 0 Å². The van der Waals surface area contributed by atoms with Gasteiger partial charge in [-0.05, 0) is 31.7 Å². The molecule has 1 unspecified atom stereocenters. The smallest absolute Gasteiger partial charge is 0.271 e. The average Bonchev–Trinajstić information content (AvgIpc) is 2.33. The van der Waals surface area contributed by atoms with Crippen molar-refractivity contribution in [3.05, 3.63) is 21.7 Å². The minimum atomic E-state index is -0.280. The molecule has 1 atom stereocenters. The first kappa shape index (κ1) is 12.4. The number of rotatable bonds is 3. The first-order valence-corrected chi connectivity index (χ1v) is 6.28. The van der Waals surface area contributed by atoms with Crippen molar-refractivity contribution in [2.45, 2.75) is 19.3 Å². The molecule has 1 fully saturated rings. The monoisotopic (exact) mass is 256 g/mol. The Labute approximate surface area is 105 Å². The third-order valence-corrected chi connectivity index (χ3v) is 3.51. The van der Waals surface area contributed by atoms with Gasteiger partial charge in [0, 0.05) is 13.1 Å². The van der Waals surface area contributed by atoms with Crippen LogP contribution in [-0.4, -0.2) is 29.6 Å². The predicted molar refractivity (Wildman–Crippen MR) is 68.5 cm³/mol. The number of piperidine rings is 1. The molecular formula is C11H17ClN4O. The molecule has 0 bridgehead atoms. The molecule has 0 aromatic carbocycles. The lowest BCUT2D eigenvalue weighted by Crippen LogP contribution is -2.37. The average molecular weight is 257 g/mol. The van der Waals surface area contributed by atoms with E-state index in [1.807, 2.05) is 0 Å². The van der Waals surface area contributed by atoms with E-state index in [1.165, 1.54) is 12.7 Å². The molecule has 1 aliphatic heterocycles. The highest BCUT2D eigenvalue weighted by Gasteiger charge is 2.22. The van der Waals surface area contributed by atoms with E-state index < -0.39 is 0 Å². The van der Waals surface area contributed by atoms with Crippen molar-refractivity contribution < 1.29 is 0 Å². The van der Waals surface area contributed by atoms with Gasteiger partial charge in [0.2, 0.25) is 0 Å². The fourth-order valence-corrected chi connectivity index (χ4v) is 2.55. The van der Waals surface area contributed by atoms with Crippen LogP contribution in [0.15, 0.2) is 11.1 Å². The molecule has 5 nitrogen and oxygen atoms in total. The summed E-state index contributed by atoms with van der Waals surface area (Å²) < 4.78 is 0. The summed E-state index contributed by atoms with van der Waals surface area (Å²) >= 11 is 5.98. The minimum Gasteiger partial charge on any atom is -0.355 e. The molecule has 3 N–H and O–H groups in total. The van der Waals surface area contributed by atoms with E-state index in [0.717, 1.165) is 25.9 Å². The summed E-state index contributed by atoms with van der Waals surface area (Å²) in [5.74, 6) is 1.17. The van der Waals surface area contributed by atoms with Gasteiger partial charge in [0.1, 0.15) is 5.02 Å². The topological polar surface area (TPSA) is 75.0 Å². The van der Waals surface area contributed by atoms with Gasteiger partial charge in [-0.3, -0.25) is 4.79 Å². The van der Waals surface area contributed by atoms with E-state index in [2.05, 4.69) is 14.9 Å². The zero-order valence-corrected chi connectivity index (χ0v) is 10.4. The molecule has 17 heavy (non-hydrogen) atoms. The highest BCUT2D eigenvalue weighted by atomic mass is 35.5. The molecule has 6 heteroatoms. The van der Waals surface area contributed by atoms with Crippen LogP contribution in [-0.2, 0) is 0 Å². The molecule has 1 saturated heterocycles. The number of anilines is 1. The van der Waals surface area contributed by atoms with E-state index in [0.29, 0.717) is 18.3 Å². The molecule has 2 rings (SSSR count). The Morgan fingerprint density at radius 2 is 2.47 bits per heavy atom. The molecule has 0 amide bonds. The molecule has 0 spiro atoms. The zero-order valence-electron chi connectivity index (χ0n) is 9.66. The van der Waals surface area contributed by atoms with E-state index in [9.17, 15) is 4.79 Å². The Balaban J connectivity index is 2.16. The fraction of sp³-hybridized carbons (Fsp3) is 0.636. The van der Waals surface area contributed by atoms with Crippen LogP contribution in [0.4, 0.5) is 5.82 Å².